The maximum atomic E-state index is 14.0. The van der Waals surface area contributed by atoms with Crippen molar-refractivity contribution < 1.29 is 72.5 Å². The zero-order valence-electron chi connectivity index (χ0n) is 16.9. The lowest BCUT2D eigenvalue weighted by molar-refractivity contribution is -0.357. The second-order valence-electron chi connectivity index (χ2n) is 7.22. The molecule has 0 aliphatic heterocycles. The largest absolute Gasteiger partial charge is 0.465 e. The van der Waals surface area contributed by atoms with Gasteiger partial charge in [0.05, 0.1) is 6.42 Å². The van der Waals surface area contributed by atoms with E-state index in [1.165, 1.54) is 5.32 Å². The number of halogens is 12. The molecule has 0 saturated heterocycles. The summed E-state index contributed by atoms with van der Waals surface area (Å²) in [5.74, 6) is -32.5. The Morgan fingerprint density at radius 3 is 1.71 bits per heavy atom. The van der Waals surface area contributed by atoms with Crippen LogP contribution in [0.25, 0.3) is 0 Å². The zero-order chi connectivity index (χ0) is 27.2. The van der Waals surface area contributed by atoms with Crippen molar-refractivity contribution in [2.45, 2.75) is 80.6 Å². The van der Waals surface area contributed by atoms with Gasteiger partial charge in [0.1, 0.15) is 0 Å². The average Bonchev–Trinajstić information content (AvgIpc) is 2.61. The molecule has 0 aromatic carbocycles. The predicted molar refractivity (Wildman–Crippen MR) is 89.4 cm³/mol. The van der Waals surface area contributed by atoms with E-state index in [4.69, 9.17) is 10.2 Å². The van der Waals surface area contributed by atoms with Gasteiger partial charge in [-0.3, -0.25) is 0 Å². The number of carboxylic acid groups (broad SMARTS) is 2. The highest BCUT2D eigenvalue weighted by atomic mass is 19.4. The molecule has 0 bridgehead atoms. The Balaban J connectivity index is 5.44. The van der Waals surface area contributed by atoms with Gasteiger partial charge in [0.2, 0.25) is 0 Å². The van der Waals surface area contributed by atoms with Crippen molar-refractivity contribution >= 4 is 12.2 Å². The van der Waals surface area contributed by atoms with Crippen LogP contribution in [0.15, 0.2) is 0 Å². The van der Waals surface area contributed by atoms with E-state index in [9.17, 15) is 62.3 Å². The van der Waals surface area contributed by atoms with Crippen molar-refractivity contribution in [2.24, 2.45) is 0 Å². The highest BCUT2D eigenvalue weighted by Gasteiger charge is 2.78. The third-order valence-electron chi connectivity index (χ3n) is 4.47. The fraction of sp³-hybridized carbons (Fsp3) is 0.875. The molecule has 34 heavy (non-hydrogen) atoms. The smallest absolute Gasteiger partial charge is 0.404 e. The number of rotatable bonds is 15. The Labute approximate surface area is 183 Å². The van der Waals surface area contributed by atoms with E-state index in [1.807, 2.05) is 5.32 Å². The van der Waals surface area contributed by atoms with Crippen molar-refractivity contribution in [3.05, 3.63) is 0 Å². The summed E-state index contributed by atoms with van der Waals surface area (Å²) in [4.78, 5) is 20.9. The van der Waals surface area contributed by atoms with Crippen LogP contribution in [-0.2, 0) is 0 Å². The quantitative estimate of drug-likeness (QED) is 0.161. The Morgan fingerprint density at radius 2 is 1.26 bits per heavy atom. The molecule has 202 valence electrons. The van der Waals surface area contributed by atoms with E-state index in [0.29, 0.717) is 0 Å². The Bertz CT molecular complexity index is 691. The van der Waals surface area contributed by atoms with Gasteiger partial charge in [-0.05, 0) is 12.8 Å². The van der Waals surface area contributed by atoms with Crippen LogP contribution in [-0.4, -0.2) is 71.0 Å². The standard InChI is InChI=1S/C16H20F12N2O4/c17-9(18)15(25,26)16(27,28)14(23,24)7-13(21,22)12(19,20)6-8(30-11(33)34)4-2-1-3-5-29-10(31)32/h8-9,29-30H,1-7H2,(H,31,32)(H,33,34). The molecule has 0 aromatic heterocycles. The van der Waals surface area contributed by atoms with Gasteiger partial charge >= 0.3 is 48.2 Å². The van der Waals surface area contributed by atoms with Crippen molar-refractivity contribution in [3.63, 3.8) is 0 Å². The molecule has 0 spiro atoms. The molecule has 1 unspecified atom stereocenters. The first-order valence-corrected chi connectivity index (χ1v) is 9.24. The van der Waals surface area contributed by atoms with E-state index in [0.717, 1.165) is 0 Å². The van der Waals surface area contributed by atoms with Gasteiger partial charge in [-0.25, -0.2) is 18.4 Å². The highest BCUT2D eigenvalue weighted by molar-refractivity contribution is 5.64. The highest BCUT2D eigenvalue weighted by Crippen LogP contribution is 2.54. The Hall–Kier alpha value is -2.30. The minimum absolute atomic E-state index is 0.0625. The van der Waals surface area contributed by atoms with Gasteiger partial charge in [0, 0.05) is 19.0 Å². The fourth-order valence-electron chi connectivity index (χ4n) is 2.65. The SMILES string of the molecule is O=C(O)NCCCCCC(CC(F)(F)C(F)(F)CC(F)(F)C(F)(F)C(F)(F)C(F)F)NC(=O)O. The second-order valence-corrected chi connectivity index (χ2v) is 7.22. The molecule has 0 aliphatic rings. The van der Waals surface area contributed by atoms with E-state index >= 15 is 0 Å². The third-order valence-corrected chi connectivity index (χ3v) is 4.47. The first kappa shape index (κ1) is 31.7. The average molecular weight is 532 g/mol. The van der Waals surface area contributed by atoms with Gasteiger partial charge in [-0.1, -0.05) is 12.8 Å². The van der Waals surface area contributed by atoms with E-state index < -0.39 is 73.5 Å². The first-order chi connectivity index (χ1) is 15.1. The molecule has 0 aliphatic carbocycles. The van der Waals surface area contributed by atoms with Crippen LogP contribution >= 0.6 is 0 Å². The van der Waals surface area contributed by atoms with Gasteiger partial charge in [0.15, 0.2) is 0 Å². The molecule has 18 heteroatoms. The summed E-state index contributed by atoms with van der Waals surface area (Å²) >= 11 is 0. The number of carbonyl (C=O) groups is 2. The Kier molecular flexibility index (Phi) is 10.6. The maximum absolute atomic E-state index is 14.0. The number of alkyl halides is 12. The predicted octanol–water partition coefficient (Wildman–Crippen LogP) is 5.67. The maximum Gasteiger partial charge on any atom is 0.404 e. The van der Waals surface area contributed by atoms with Gasteiger partial charge in [-0.2, -0.15) is 43.9 Å². The molecule has 1 atom stereocenters. The van der Waals surface area contributed by atoms with Crippen LogP contribution in [0.2, 0.25) is 0 Å². The van der Waals surface area contributed by atoms with Crippen LogP contribution in [0.1, 0.15) is 38.5 Å². The van der Waals surface area contributed by atoms with E-state index in [2.05, 4.69) is 0 Å². The molecule has 0 heterocycles. The summed E-state index contributed by atoms with van der Waals surface area (Å²) < 4.78 is 159. The lowest BCUT2D eigenvalue weighted by Gasteiger charge is -2.36. The van der Waals surface area contributed by atoms with Gasteiger partial charge in [-0.15, -0.1) is 0 Å². The number of hydrogen-bond acceptors (Lipinski definition) is 2. The molecule has 4 N–H and O–H groups in total. The normalized spacial score (nSPS) is 14.7. The monoisotopic (exact) mass is 532 g/mol. The summed E-state index contributed by atoms with van der Waals surface area (Å²) in [5, 5.41) is 20.3. The van der Waals surface area contributed by atoms with Crippen LogP contribution < -0.4 is 10.6 Å². The molecule has 0 aromatic rings. The summed E-state index contributed by atoms with van der Waals surface area (Å²) in [6.07, 6.45) is -15.6. The topological polar surface area (TPSA) is 98.7 Å². The fourth-order valence-corrected chi connectivity index (χ4v) is 2.65. The summed E-state index contributed by atoms with van der Waals surface area (Å²) in [5.41, 5.74) is 0. The van der Waals surface area contributed by atoms with E-state index in [-0.39, 0.29) is 25.8 Å². The van der Waals surface area contributed by atoms with Crippen LogP contribution in [0.3, 0.4) is 0 Å². The molecule has 6 nitrogen and oxygen atoms in total. The lowest BCUT2D eigenvalue weighted by Crippen LogP contribution is -2.60. The zero-order valence-corrected chi connectivity index (χ0v) is 16.9. The van der Waals surface area contributed by atoms with Crippen molar-refractivity contribution in [1.82, 2.24) is 10.6 Å². The molecular weight excluding hydrogens is 512 g/mol. The molecular formula is C16H20F12N2O4. The van der Waals surface area contributed by atoms with Crippen LogP contribution in [0, 0.1) is 0 Å². The lowest BCUT2D eigenvalue weighted by atomic mass is 9.91. The van der Waals surface area contributed by atoms with Gasteiger partial charge < -0.3 is 20.8 Å². The van der Waals surface area contributed by atoms with Crippen LogP contribution in [0.5, 0.6) is 0 Å². The van der Waals surface area contributed by atoms with Crippen molar-refractivity contribution in [1.29, 1.82) is 0 Å². The molecule has 0 radical (unpaired) electrons. The number of amides is 2. The molecule has 2 amide bonds. The van der Waals surface area contributed by atoms with Gasteiger partial charge in [0.25, 0.3) is 0 Å². The minimum atomic E-state index is -7.13. The van der Waals surface area contributed by atoms with Crippen molar-refractivity contribution in [3.8, 4) is 0 Å². The molecule has 0 rings (SSSR count). The molecule has 0 saturated carbocycles. The number of hydrogen-bond donors (Lipinski definition) is 4. The second kappa shape index (κ2) is 11.4. The summed E-state index contributed by atoms with van der Waals surface area (Å²) in [7, 11) is 0. The summed E-state index contributed by atoms with van der Waals surface area (Å²) in [6.45, 7) is -0.104. The van der Waals surface area contributed by atoms with Crippen molar-refractivity contribution in [2.75, 3.05) is 6.54 Å². The third kappa shape index (κ3) is 8.18. The molecule has 0 fully saturated rings. The van der Waals surface area contributed by atoms with Crippen LogP contribution in [0.4, 0.5) is 62.3 Å². The number of nitrogens with one attached hydrogen (secondary N) is 2. The van der Waals surface area contributed by atoms with E-state index in [1.54, 1.807) is 0 Å². The minimum Gasteiger partial charge on any atom is -0.465 e. The first-order valence-electron chi connectivity index (χ1n) is 9.24. The Morgan fingerprint density at radius 1 is 0.735 bits per heavy atom. The number of unbranched alkanes of at least 4 members (excludes halogenated alkanes) is 2. The summed E-state index contributed by atoms with van der Waals surface area (Å²) in [6, 6.07) is -2.05.